The molecule has 37 heavy (non-hydrogen) atoms. The van der Waals surface area contributed by atoms with Crippen molar-refractivity contribution in [2.75, 3.05) is 16.4 Å². The number of hydrogen-bond acceptors (Lipinski definition) is 4. The van der Waals surface area contributed by atoms with Gasteiger partial charge in [0.25, 0.3) is 5.91 Å². The van der Waals surface area contributed by atoms with Gasteiger partial charge in [0, 0.05) is 23.7 Å². The first-order valence-electron chi connectivity index (χ1n) is 13.4. The van der Waals surface area contributed by atoms with Gasteiger partial charge in [-0.15, -0.1) is 0 Å². The number of rotatable bonds is 8. The Morgan fingerprint density at radius 3 is 2.46 bits per heavy atom. The fraction of sp³-hybridized carbons (Fsp3) is 0.344. The highest BCUT2D eigenvalue weighted by Gasteiger charge is 2.30. The average molecular weight is 510 g/mol. The number of hydrogen-bond donors (Lipinski definition) is 0. The lowest BCUT2D eigenvalue weighted by molar-refractivity contribution is 0.0974. The summed E-state index contributed by atoms with van der Waals surface area (Å²) in [6, 6.07) is 26.9. The molecule has 0 saturated carbocycles. The number of carbonyl (C=O) groups is 1. The van der Waals surface area contributed by atoms with Crippen LogP contribution >= 0.6 is 11.8 Å². The van der Waals surface area contributed by atoms with Crippen molar-refractivity contribution in [1.82, 2.24) is 9.97 Å². The lowest BCUT2D eigenvalue weighted by atomic mass is 9.88. The molecule has 1 fully saturated rings. The van der Waals surface area contributed by atoms with Crippen molar-refractivity contribution in [3.63, 3.8) is 0 Å². The van der Waals surface area contributed by atoms with E-state index in [0.717, 1.165) is 59.6 Å². The van der Waals surface area contributed by atoms with Gasteiger partial charge in [0.1, 0.15) is 11.6 Å². The first-order chi connectivity index (χ1) is 18.1. The van der Waals surface area contributed by atoms with E-state index in [1.165, 1.54) is 5.56 Å². The summed E-state index contributed by atoms with van der Waals surface area (Å²) in [5, 5.41) is 2.22. The van der Waals surface area contributed by atoms with E-state index in [2.05, 4.69) is 56.3 Å². The lowest BCUT2D eigenvalue weighted by Gasteiger charge is -2.34. The van der Waals surface area contributed by atoms with Gasteiger partial charge in [-0.1, -0.05) is 74.5 Å². The summed E-state index contributed by atoms with van der Waals surface area (Å²) in [4.78, 5) is 25.8. The van der Waals surface area contributed by atoms with Crippen LogP contribution < -0.4 is 4.90 Å². The van der Waals surface area contributed by atoms with Crippen LogP contribution in [0.3, 0.4) is 0 Å². The summed E-state index contributed by atoms with van der Waals surface area (Å²) in [5.74, 6) is 4.36. The second-order valence-electron chi connectivity index (χ2n) is 10.0. The topological polar surface area (TPSA) is 46.1 Å². The second kappa shape index (κ2) is 11.9. The fourth-order valence-electron chi connectivity index (χ4n) is 5.36. The molecule has 4 nitrogen and oxygen atoms in total. The predicted molar refractivity (Wildman–Crippen MR) is 156 cm³/mol. The fourth-order valence-corrected chi connectivity index (χ4v) is 6.44. The van der Waals surface area contributed by atoms with Crippen molar-refractivity contribution in [2.24, 2.45) is 0 Å². The summed E-state index contributed by atoms with van der Waals surface area (Å²) < 4.78 is 0. The molecule has 1 aliphatic heterocycles. The van der Waals surface area contributed by atoms with Crippen molar-refractivity contribution in [1.29, 1.82) is 0 Å². The summed E-state index contributed by atoms with van der Waals surface area (Å²) >= 11 is 1.97. The zero-order valence-corrected chi connectivity index (χ0v) is 22.5. The quantitative estimate of drug-likeness (QED) is 0.242. The summed E-state index contributed by atoms with van der Waals surface area (Å²) in [5.41, 5.74) is 2.05. The number of benzene rings is 3. The maximum Gasteiger partial charge on any atom is 0.259 e. The number of nitrogens with zero attached hydrogens (tertiary/aromatic N) is 3. The molecule has 1 amide bonds. The molecule has 0 radical (unpaired) electrons. The van der Waals surface area contributed by atoms with E-state index in [1.54, 1.807) is 0 Å². The minimum absolute atomic E-state index is 0.0259. The van der Waals surface area contributed by atoms with Gasteiger partial charge in [-0.25, -0.2) is 9.97 Å². The van der Waals surface area contributed by atoms with Crippen LogP contribution in [0.2, 0.25) is 0 Å². The van der Waals surface area contributed by atoms with Crippen LogP contribution in [0.1, 0.15) is 73.1 Å². The Morgan fingerprint density at radius 2 is 1.70 bits per heavy atom. The molecule has 1 aromatic heterocycles. The van der Waals surface area contributed by atoms with Crippen molar-refractivity contribution >= 4 is 34.3 Å². The summed E-state index contributed by atoms with van der Waals surface area (Å²) in [6.07, 6.45) is 5.73. The third-order valence-corrected chi connectivity index (χ3v) is 8.59. The highest BCUT2D eigenvalue weighted by Crippen LogP contribution is 2.33. The molecular formula is C32H35N3OS. The molecule has 4 aromatic rings. The van der Waals surface area contributed by atoms with Gasteiger partial charge in [-0.2, -0.15) is 11.8 Å². The molecule has 1 unspecified atom stereocenters. The highest BCUT2D eigenvalue weighted by atomic mass is 32.2. The molecule has 0 spiro atoms. The maximum absolute atomic E-state index is 14.1. The predicted octanol–water partition coefficient (Wildman–Crippen LogP) is 7.86. The highest BCUT2D eigenvalue weighted by molar-refractivity contribution is 7.99. The summed E-state index contributed by atoms with van der Waals surface area (Å²) in [7, 11) is 0. The monoisotopic (exact) mass is 509 g/mol. The third kappa shape index (κ3) is 5.88. The first-order valence-corrected chi connectivity index (χ1v) is 14.6. The number of fused-ring (bicyclic) bond motifs is 1. The van der Waals surface area contributed by atoms with E-state index in [9.17, 15) is 4.79 Å². The number of aromatic nitrogens is 2. The number of anilines is 1. The van der Waals surface area contributed by atoms with Crippen LogP contribution in [-0.4, -0.2) is 33.4 Å². The van der Waals surface area contributed by atoms with E-state index in [0.29, 0.717) is 11.5 Å². The van der Waals surface area contributed by atoms with Crippen molar-refractivity contribution in [3.8, 4) is 0 Å². The van der Waals surface area contributed by atoms with Crippen LogP contribution in [0.5, 0.6) is 0 Å². The Bertz CT molecular complexity index is 1340. The molecule has 5 heteroatoms. The first kappa shape index (κ1) is 25.5. The standard InChI is InChI=1S/C32H35N3OS/c1-3-24(21-23(2)25-9-5-4-6-10-25)31-33-18-15-30(34-31)35(29-16-19-37-20-17-29)32(36)28-14-13-26-11-7-8-12-27(26)22-28/h4-15,18,22-24,29H,3,16-17,19-21H2,1-2H3/t23-,24?/m1/s1. The van der Waals surface area contributed by atoms with Crippen LogP contribution in [-0.2, 0) is 0 Å². The van der Waals surface area contributed by atoms with Gasteiger partial charge in [0.2, 0.25) is 0 Å². The number of thioether (sulfide) groups is 1. The molecule has 190 valence electrons. The van der Waals surface area contributed by atoms with Gasteiger partial charge >= 0.3 is 0 Å². The Kier molecular flexibility index (Phi) is 8.20. The number of carbonyl (C=O) groups excluding carboxylic acids is 1. The van der Waals surface area contributed by atoms with Crippen LogP contribution in [0, 0.1) is 0 Å². The Hall–Kier alpha value is -3.18. The smallest absolute Gasteiger partial charge is 0.259 e. The van der Waals surface area contributed by atoms with Gasteiger partial charge in [-0.05, 0) is 77.6 Å². The second-order valence-corrected chi connectivity index (χ2v) is 11.2. The Morgan fingerprint density at radius 1 is 0.973 bits per heavy atom. The van der Waals surface area contributed by atoms with E-state index >= 15 is 0 Å². The Labute approximate surface area is 224 Å². The van der Waals surface area contributed by atoms with E-state index in [-0.39, 0.29) is 17.9 Å². The maximum atomic E-state index is 14.1. The molecular weight excluding hydrogens is 474 g/mol. The third-order valence-electron chi connectivity index (χ3n) is 7.54. The van der Waals surface area contributed by atoms with Crippen LogP contribution in [0.15, 0.2) is 85.1 Å². The lowest BCUT2D eigenvalue weighted by Crippen LogP contribution is -2.43. The van der Waals surface area contributed by atoms with Crippen molar-refractivity contribution in [2.45, 2.75) is 57.4 Å². The van der Waals surface area contributed by atoms with Gasteiger partial charge in [-0.3, -0.25) is 9.69 Å². The Balaban J connectivity index is 1.46. The molecule has 0 bridgehead atoms. The van der Waals surface area contributed by atoms with E-state index in [1.807, 2.05) is 59.3 Å². The van der Waals surface area contributed by atoms with Gasteiger partial charge in [0.05, 0.1) is 0 Å². The molecule has 0 aliphatic carbocycles. The molecule has 3 aromatic carbocycles. The molecule has 2 atom stereocenters. The molecule has 1 aliphatic rings. The van der Waals surface area contributed by atoms with Gasteiger partial charge < -0.3 is 0 Å². The number of amides is 1. The van der Waals surface area contributed by atoms with Crippen molar-refractivity contribution < 1.29 is 4.79 Å². The average Bonchev–Trinajstić information content (AvgIpc) is 2.96. The molecule has 5 rings (SSSR count). The normalized spacial score (nSPS) is 15.8. The SMILES string of the molecule is CCC(C[C@@H](C)c1ccccc1)c1nccc(N(C(=O)c2ccc3ccccc3c2)C2CCSCC2)n1. The van der Waals surface area contributed by atoms with Crippen LogP contribution in [0.25, 0.3) is 10.8 Å². The van der Waals surface area contributed by atoms with Crippen LogP contribution in [0.4, 0.5) is 5.82 Å². The minimum atomic E-state index is 0.0259. The molecule has 2 heterocycles. The van der Waals surface area contributed by atoms with E-state index < -0.39 is 0 Å². The van der Waals surface area contributed by atoms with Gasteiger partial charge in [0.15, 0.2) is 0 Å². The largest absolute Gasteiger partial charge is 0.289 e. The minimum Gasteiger partial charge on any atom is -0.289 e. The molecule has 0 N–H and O–H groups in total. The zero-order chi connectivity index (χ0) is 25.6. The summed E-state index contributed by atoms with van der Waals surface area (Å²) in [6.45, 7) is 4.48. The zero-order valence-electron chi connectivity index (χ0n) is 21.7. The van der Waals surface area contributed by atoms with Crippen molar-refractivity contribution in [3.05, 3.63) is 102 Å². The molecule has 1 saturated heterocycles. The van der Waals surface area contributed by atoms with E-state index in [4.69, 9.17) is 9.97 Å².